The molecule has 1 amide bonds. The van der Waals surface area contributed by atoms with E-state index in [-0.39, 0.29) is 35.6 Å². The van der Waals surface area contributed by atoms with Crippen LogP contribution < -0.4 is 15.6 Å². The highest BCUT2D eigenvalue weighted by atomic mass is 19.4. The van der Waals surface area contributed by atoms with Crippen molar-refractivity contribution in [3.05, 3.63) is 92.9 Å². The van der Waals surface area contributed by atoms with E-state index in [2.05, 4.69) is 5.32 Å². The van der Waals surface area contributed by atoms with Gasteiger partial charge in [0.15, 0.2) is 5.78 Å². The number of pyridine rings is 1. The predicted molar refractivity (Wildman–Crippen MR) is 123 cm³/mol. The van der Waals surface area contributed by atoms with Gasteiger partial charge in [0.1, 0.15) is 11.3 Å². The number of nitrogens with one attached hydrogen (secondary N) is 1. The second-order valence-electron chi connectivity index (χ2n) is 8.14. The summed E-state index contributed by atoms with van der Waals surface area (Å²) < 4.78 is 45.6. The number of rotatable bonds is 6. The molecule has 0 fully saturated rings. The molecular formula is C26H23F3N2O4. The summed E-state index contributed by atoms with van der Waals surface area (Å²) in [6, 6.07) is 12.5. The van der Waals surface area contributed by atoms with Crippen molar-refractivity contribution in [2.45, 2.75) is 38.9 Å². The number of hydrogen-bond donors (Lipinski definition) is 1. The van der Waals surface area contributed by atoms with Crippen LogP contribution in [0, 0.1) is 0 Å². The Kier molecular flexibility index (Phi) is 6.77. The Bertz CT molecular complexity index is 1310. The molecule has 35 heavy (non-hydrogen) atoms. The van der Waals surface area contributed by atoms with Gasteiger partial charge in [-0.3, -0.25) is 19.0 Å². The number of amides is 1. The van der Waals surface area contributed by atoms with Crippen LogP contribution in [0.5, 0.6) is 5.75 Å². The molecule has 0 aliphatic heterocycles. The van der Waals surface area contributed by atoms with Crippen LogP contribution >= 0.6 is 0 Å². The maximum Gasteiger partial charge on any atom is 0.416 e. The molecule has 0 saturated carbocycles. The van der Waals surface area contributed by atoms with E-state index in [1.807, 2.05) is 6.92 Å². The van der Waals surface area contributed by atoms with Gasteiger partial charge < -0.3 is 10.1 Å². The number of ketones is 1. The number of hydrogen-bond acceptors (Lipinski definition) is 4. The number of fused-ring (bicyclic) bond motifs is 1. The van der Waals surface area contributed by atoms with Crippen LogP contribution in [0.2, 0.25) is 0 Å². The minimum Gasteiger partial charge on any atom is -0.494 e. The summed E-state index contributed by atoms with van der Waals surface area (Å²) in [5, 5.41) is 2.68. The van der Waals surface area contributed by atoms with Crippen LogP contribution in [0.15, 0.2) is 59.4 Å². The van der Waals surface area contributed by atoms with Gasteiger partial charge in [0.05, 0.1) is 12.2 Å². The van der Waals surface area contributed by atoms with E-state index in [4.69, 9.17) is 4.74 Å². The van der Waals surface area contributed by atoms with Gasteiger partial charge >= 0.3 is 6.18 Å². The fourth-order valence-electron chi connectivity index (χ4n) is 4.07. The number of benzene rings is 2. The molecule has 3 aromatic rings. The van der Waals surface area contributed by atoms with E-state index in [9.17, 15) is 27.6 Å². The Morgan fingerprint density at radius 2 is 1.71 bits per heavy atom. The van der Waals surface area contributed by atoms with Crippen LogP contribution in [-0.4, -0.2) is 22.9 Å². The van der Waals surface area contributed by atoms with Gasteiger partial charge in [-0.15, -0.1) is 0 Å². The molecule has 0 unspecified atom stereocenters. The highest BCUT2D eigenvalue weighted by Crippen LogP contribution is 2.30. The quantitative estimate of drug-likeness (QED) is 0.550. The van der Waals surface area contributed by atoms with Gasteiger partial charge in [-0.25, -0.2) is 0 Å². The number of nitrogens with zero attached hydrogens (tertiary/aromatic N) is 1. The van der Waals surface area contributed by atoms with E-state index in [1.54, 1.807) is 24.3 Å². The van der Waals surface area contributed by atoms with Crippen LogP contribution in [0.3, 0.4) is 0 Å². The van der Waals surface area contributed by atoms with E-state index in [0.717, 1.165) is 17.7 Å². The summed E-state index contributed by atoms with van der Waals surface area (Å²) in [6.45, 7) is 2.53. The number of carbonyl (C=O) groups excluding carboxylic acids is 2. The number of aromatic nitrogens is 1. The third kappa shape index (κ3) is 5.13. The van der Waals surface area contributed by atoms with E-state index in [0.29, 0.717) is 30.9 Å². The Balaban J connectivity index is 1.68. The van der Waals surface area contributed by atoms with Crippen molar-refractivity contribution in [2.75, 3.05) is 6.61 Å². The SMILES string of the molecule is CCOc1ccc(CNC(=O)c2cc3c(n(-c4ccc(C(F)(F)F)cc4)c2=O)CCCC3=O)cc1. The van der Waals surface area contributed by atoms with E-state index < -0.39 is 23.2 Å². The molecule has 0 bridgehead atoms. The molecule has 1 aliphatic carbocycles. The monoisotopic (exact) mass is 484 g/mol. The highest BCUT2D eigenvalue weighted by Gasteiger charge is 2.31. The van der Waals surface area contributed by atoms with Crippen LogP contribution in [0.4, 0.5) is 13.2 Å². The topological polar surface area (TPSA) is 77.4 Å². The minimum atomic E-state index is -4.53. The third-order valence-electron chi connectivity index (χ3n) is 5.81. The number of alkyl halides is 3. The largest absolute Gasteiger partial charge is 0.494 e. The van der Waals surface area contributed by atoms with Crippen molar-refractivity contribution in [1.29, 1.82) is 0 Å². The molecule has 0 spiro atoms. The lowest BCUT2D eigenvalue weighted by Crippen LogP contribution is -2.36. The van der Waals surface area contributed by atoms with Gasteiger partial charge in [-0.05, 0) is 67.8 Å². The van der Waals surface area contributed by atoms with Crippen molar-refractivity contribution in [3.8, 4) is 11.4 Å². The Labute approximate surface area is 199 Å². The molecule has 1 N–H and O–H groups in total. The van der Waals surface area contributed by atoms with Crippen molar-refractivity contribution in [2.24, 2.45) is 0 Å². The Morgan fingerprint density at radius 3 is 2.34 bits per heavy atom. The maximum absolute atomic E-state index is 13.4. The van der Waals surface area contributed by atoms with Crippen LogP contribution in [0.1, 0.15) is 57.3 Å². The van der Waals surface area contributed by atoms with Gasteiger partial charge in [0.25, 0.3) is 11.5 Å². The lowest BCUT2D eigenvalue weighted by molar-refractivity contribution is -0.137. The molecule has 4 rings (SSSR count). The predicted octanol–water partition coefficient (Wildman–Crippen LogP) is 4.70. The zero-order valence-corrected chi connectivity index (χ0v) is 18.9. The second kappa shape index (κ2) is 9.77. The first kappa shape index (κ1) is 24.3. The standard InChI is InChI=1S/C26H23F3N2O4/c1-2-35-19-12-6-16(7-13-19)15-30-24(33)21-14-20-22(4-3-5-23(20)32)31(25(21)34)18-10-8-17(9-11-18)26(27,28)29/h6-14H,2-5,15H2,1H3,(H,30,33). The molecular weight excluding hydrogens is 461 g/mol. The molecule has 2 aromatic carbocycles. The maximum atomic E-state index is 13.4. The lowest BCUT2D eigenvalue weighted by Gasteiger charge is -2.22. The zero-order valence-electron chi connectivity index (χ0n) is 18.9. The van der Waals surface area contributed by atoms with Crippen LogP contribution in [-0.2, 0) is 19.1 Å². The van der Waals surface area contributed by atoms with Crippen molar-refractivity contribution < 1.29 is 27.5 Å². The molecule has 9 heteroatoms. The van der Waals surface area contributed by atoms with E-state index >= 15 is 0 Å². The van der Waals surface area contributed by atoms with Gasteiger partial charge in [-0.1, -0.05) is 12.1 Å². The van der Waals surface area contributed by atoms with Gasteiger partial charge in [0.2, 0.25) is 0 Å². The van der Waals surface area contributed by atoms with Crippen molar-refractivity contribution in [3.63, 3.8) is 0 Å². The van der Waals surface area contributed by atoms with Gasteiger partial charge in [0, 0.05) is 29.9 Å². The molecule has 0 saturated heterocycles. The molecule has 6 nitrogen and oxygen atoms in total. The normalized spacial score (nSPS) is 13.3. The smallest absolute Gasteiger partial charge is 0.416 e. The summed E-state index contributed by atoms with van der Waals surface area (Å²) in [7, 11) is 0. The lowest BCUT2D eigenvalue weighted by atomic mass is 9.92. The fraction of sp³-hybridized carbons (Fsp3) is 0.269. The number of Topliss-reactive ketones (excluding diaryl/α,β-unsaturated/α-hetero) is 1. The number of carbonyl (C=O) groups is 2. The third-order valence-corrected chi connectivity index (χ3v) is 5.81. The van der Waals surface area contributed by atoms with E-state index in [1.165, 1.54) is 22.8 Å². The summed E-state index contributed by atoms with van der Waals surface area (Å²) in [4.78, 5) is 38.9. The minimum absolute atomic E-state index is 0.135. The first-order valence-corrected chi connectivity index (χ1v) is 11.2. The first-order valence-electron chi connectivity index (χ1n) is 11.2. The highest BCUT2D eigenvalue weighted by molar-refractivity contribution is 6.01. The summed E-state index contributed by atoms with van der Waals surface area (Å²) in [5.41, 5.74) is -0.221. The van der Waals surface area contributed by atoms with Crippen molar-refractivity contribution >= 4 is 11.7 Å². The fourth-order valence-corrected chi connectivity index (χ4v) is 4.07. The summed E-state index contributed by atoms with van der Waals surface area (Å²) >= 11 is 0. The Morgan fingerprint density at radius 1 is 1.03 bits per heavy atom. The average molecular weight is 484 g/mol. The van der Waals surface area contributed by atoms with Crippen molar-refractivity contribution in [1.82, 2.24) is 9.88 Å². The molecule has 1 aromatic heterocycles. The molecule has 1 aliphatic rings. The first-order chi connectivity index (χ1) is 16.7. The molecule has 1 heterocycles. The number of halogens is 3. The molecule has 0 radical (unpaired) electrons. The average Bonchev–Trinajstić information content (AvgIpc) is 2.83. The summed E-state index contributed by atoms with van der Waals surface area (Å²) in [5.74, 6) is -0.201. The zero-order chi connectivity index (χ0) is 25.2. The van der Waals surface area contributed by atoms with Gasteiger partial charge in [-0.2, -0.15) is 13.2 Å². The second-order valence-corrected chi connectivity index (χ2v) is 8.14. The Hall–Kier alpha value is -3.88. The summed E-state index contributed by atoms with van der Waals surface area (Å²) in [6.07, 6.45) is -3.35. The molecule has 0 atom stereocenters. The van der Waals surface area contributed by atoms with Crippen LogP contribution in [0.25, 0.3) is 5.69 Å². The molecule has 182 valence electrons. The number of ether oxygens (including phenoxy) is 1.